The van der Waals surface area contributed by atoms with Crippen LogP contribution >= 0.6 is 23.7 Å². The van der Waals surface area contributed by atoms with Crippen LogP contribution in [0.15, 0.2) is 24.3 Å². The summed E-state index contributed by atoms with van der Waals surface area (Å²) in [5, 5.41) is 3.92. The van der Waals surface area contributed by atoms with Crippen molar-refractivity contribution in [3.8, 4) is 0 Å². The Morgan fingerprint density at radius 2 is 2.20 bits per heavy atom. The number of fused-ring (bicyclic) bond motifs is 2. The van der Waals surface area contributed by atoms with Crippen LogP contribution in [0, 0.1) is 11.3 Å². The molecule has 4 rings (SSSR count). The van der Waals surface area contributed by atoms with E-state index in [-0.39, 0.29) is 35.8 Å². The number of halogens is 1. The van der Waals surface area contributed by atoms with Crippen molar-refractivity contribution in [1.29, 1.82) is 0 Å². The van der Waals surface area contributed by atoms with E-state index in [0.717, 1.165) is 34.7 Å². The van der Waals surface area contributed by atoms with Crippen LogP contribution in [0.2, 0.25) is 0 Å². The predicted molar refractivity (Wildman–Crippen MR) is 102 cm³/mol. The molecule has 7 heteroatoms. The molecule has 1 aromatic heterocycles. The Bertz CT molecular complexity index is 760. The summed E-state index contributed by atoms with van der Waals surface area (Å²) in [6.07, 6.45) is 2.02. The Kier molecular flexibility index (Phi) is 4.83. The quantitative estimate of drug-likeness (QED) is 0.857. The molecule has 2 heterocycles. The van der Waals surface area contributed by atoms with Gasteiger partial charge in [-0.15, -0.1) is 23.7 Å². The highest BCUT2D eigenvalue weighted by molar-refractivity contribution is 7.18. The maximum absolute atomic E-state index is 12.9. The van der Waals surface area contributed by atoms with Gasteiger partial charge in [-0.05, 0) is 25.0 Å². The normalized spacial score (nSPS) is 30.0. The molecule has 0 radical (unpaired) electrons. The Balaban J connectivity index is 0.00000182. The Morgan fingerprint density at radius 3 is 2.96 bits per heavy atom. The van der Waals surface area contributed by atoms with Crippen LogP contribution in [0.25, 0.3) is 10.2 Å². The highest BCUT2D eigenvalue weighted by Crippen LogP contribution is 2.57. The summed E-state index contributed by atoms with van der Waals surface area (Å²) in [7, 11) is 0. The first-order valence-corrected chi connectivity index (χ1v) is 9.29. The lowest BCUT2D eigenvalue weighted by molar-refractivity contribution is -0.225. The number of aromatic nitrogens is 1. The average Bonchev–Trinajstić information content (AvgIpc) is 3.01. The van der Waals surface area contributed by atoms with Crippen molar-refractivity contribution in [2.75, 3.05) is 6.61 Å². The van der Waals surface area contributed by atoms with Gasteiger partial charge in [0, 0.05) is 17.9 Å². The van der Waals surface area contributed by atoms with Gasteiger partial charge in [-0.25, -0.2) is 4.98 Å². The molecule has 5 nitrogen and oxygen atoms in total. The lowest BCUT2D eigenvalue weighted by Crippen LogP contribution is -2.82. The molecule has 1 saturated carbocycles. The van der Waals surface area contributed by atoms with Crippen molar-refractivity contribution < 1.29 is 9.53 Å². The van der Waals surface area contributed by atoms with Gasteiger partial charge < -0.3 is 15.8 Å². The number of carbonyl (C=O) groups excluding carboxylic acids is 1. The lowest BCUT2D eigenvalue weighted by atomic mass is 9.46. The van der Waals surface area contributed by atoms with E-state index < -0.39 is 5.54 Å². The number of benzene rings is 1. The van der Waals surface area contributed by atoms with Gasteiger partial charge in [-0.1, -0.05) is 26.0 Å². The molecule has 3 atom stereocenters. The number of nitrogens with zero attached hydrogens (tertiary/aromatic N) is 1. The molecule has 1 aromatic carbocycles. The number of carbonyl (C=O) groups is 1. The fourth-order valence-corrected chi connectivity index (χ4v) is 5.24. The zero-order valence-corrected chi connectivity index (χ0v) is 16.1. The second-order valence-corrected chi connectivity index (χ2v) is 8.50. The predicted octanol–water partition coefficient (Wildman–Crippen LogP) is 2.87. The van der Waals surface area contributed by atoms with Gasteiger partial charge in [0.25, 0.3) is 0 Å². The van der Waals surface area contributed by atoms with Gasteiger partial charge in [0.2, 0.25) is 5.91 Å². The summed E-state index contributed by atoms with van der Waals surface area (Å²) in [6, 6.07) is 8.00. The standard InChI is InChI=1S/C18H23N3O2S.ClH/c1-17(2)15-11(6-5-9-23-15)18(17,19)16(22)20-10-14-21-12-7-3-4-8-13(12)24-14;/h3-4,7-8,11,15H,5-6,9-10,19H2,1-2H3,(H,20,22);1H. The number of hydrogen-bond donors (Lipinski definition) is 2. The third kappa shape index (κ3) is 2.67. The summed E-state index contributed by atoms with van der Waals surface area (Å²) >= 11 is 1.61. The van der Waals surface area contributed by atoms with Crippen LogP contribution in [-0.4, -0.2) is 29.1 Å². The van der Waals surface area contributed by atoms with Crippen molar-refractivity contribution in [2.45, 2.75) is 44.9 Å². The molecule has 2 aliphatic rings. The molecular formula is C18H24ClN3O2S. The number of rotatable bonds is 3. The number of nitrogens with two attached hydrogens (primary N) is 1. The van der Waals surface area contributed by atoms with E-state index in [1.165, 1.54) is 0 Å². The molecule has 2 aromatic rings. The molecule has 136 valence electrons. The van der Waals surface area contributed by atoms with Crippen LogP contribution in [0.3, 0.4) is 0 Å². The molecular weight excluding hydrogens is 358 g/mol. The van der Waals surface area contributed by atoms with E-state index in [2.05, 4.69) is 10.3 Å². The van der Waals surface area contributed by atoms with Gasteiger partial charge >= 0.3 is 0 Å². The minimum absolute atomic E-state index is 0. The number of nitrogens with one attached hydrogen (secondary N) is 1. The fourth-order valence-electron chi connectivity index (χ4n) is 4.33. The minimum Gasteiger partial charge on any atom is -0.377 e. The smallest absolute Gasteiger partial charge is 0.241 e. The van der Waals surface area contributed by atoms with Gasteiger partial charge in [0.15, 0.2) is 0 Å². The van der Waals surface area contributed by atoms with Crippen LogP contribution in [0.4, 0.5) is 0 Å². The van der Waals surface area contributed by atoms with Gasteiger partial charge in [0.05, 0.1) is 22.9 Å². The van der Waals surface area contributed by atoms with Gasteiger partial charge in [-0.3, -0.25) is 4.79 Å². The van der Waals surface area contributed by atoms with E-state index in [1.54, 1.807) is 11.3 Å². The molecule has 1 aliphatic heterocycles. The highest BCUT2D eigenvalue weighted by atomic mass is 35.5. The zero-order chi connectivity index (χ0) is 16.9. The number of para-hydroxylation sites is 1. The second-order valence-electron chi connectivity index (χ2n) is 7.39. The van der Waals surface area contributed by atoms with Crippen molar-refractivity contribution >= 4 is 39.9 Å². The molecule has 1 amide bonds. The third-order valence-electron chi connectivity index (χ3n) is 5.80. The number of thiazole rings is 1. The van der Waals surface area contributed by atoms with Gasteiger partial charge in [-0.2, -0.15) is 0 Å². The molecule has 1 aliphatic carbocycles. The van der Waals surface area contributed by atoms with E-state index in [0.29, 0.717) is 6.54 Å². The lowest BCUT2D eigenvalue weighted by Gasteiger charge is -2.65. The van der Waals surface area contributed by atoms with E-state index in [4.69, 9.17) is 10.5 Å². The molecule has 0 bridgehead atoms. The van der Waals surface area contributed by atoms with Crippen LogP contribution in [-0.2, 0) is 16.1 Å². The van der Waals surface area contributed by atoms with Crippen molar-refractivity contribution in [1.82, 2.24) is 10.3 Å². The first-order chi connectivity index (χ1) is 11.4. The van der Waals surface area contributed by atoms with E-state index in [1.807, 2.05) is 38.1 Å². The molecule has 1 saturated heterocycles. The van der Waals surface area contributed by atoms with Crippen molar-refractivity contribution in [2.24, 2.45) is 17.1 Å². The highest BCUT2D eigenvalue weighted by Gasteiger charge is 2.70. The zero-order valence-electron chi connectivity index (χ0n) is 14.5. The van der Waals surface area contributed by atoms with Crippen molar-refractivity contribution in [3.05, 3.63) is 29.3 Å². The number of amides is 1. The molecule has 3 N–H and O–H groups in total. The van der Waals surface area contributed by atoms with Crippen LogP contribution < -0.4 is 11.1 Å². The summed E-state index contributed by atoms with van der Waals surface area (Å²) in [5.74, 6) is 0.0233. The minimum atomic E-state index is -0.866. The van der Waals surface area contributed by atoms with E-state index in [9.17, 15) is 4.79 Å². The second kappa shape index (κ2) is 6.50. The molecule has 25 heavy (non-hydrogen) atoms. The third-order valence-corrected chi connectivity index (χ3v) is 6.84. The number of ether oxygens (including phenoxy) is 1. The topological polar surface area (TPSA) is 77.2 Å². The molecule has 0 spiro atoms. The average molecular weight is 382 g/mol. The van der Waals surface area contributed by atoms with Gasteiger partial charge in [0.1, 0.15) is 10.5 Å². The summed E-state index contributed by atoms with van der Waals surface area (Å²) in [5.41, 5.74) is 6.36. The molecule has 2 fully saturated rings. The maximum atomic E-state index is 12.9. The molecule has 3 unspecified atom stereocenters. The first kappa shape index (κ1) is 18.6. The largest absolute Gasteiger partial charge is 0.377 e. The monoisotopic (exact) mass is 381 g/mol. The van der Waals surface area contributed by atoms with Crippen LogP contribution in [0.1, 0.15) is 31.7 Å². The van der Waals surface area contributed by atoms with Crippen LogP contribution in [0.5, 0.6) is 0 Å². The van der Waals surface area contributed by atoms with Crippen molar-refractivity contribution in [3.63, 3.8) is 0 Å². The maximum Gasteiger partial charge on any atom is 0.241 e. The summed E-state index contributed by atoms with van der Waals surface area (Å²) in [6.45, 7) is 5.27. The summed E-state index contributed by atoms with van der Waals surface area (Å²) in [4.78, 5) is 17.5. The Morgan fingerprint density at radius 1 is 1.44 bits per heavy atom. The SMILES string of the molecule is CC1(C)C2OCCCC2C1(N)C(=O)NCc1nc2ccccc2s1.Cl. The van der Waals surface area contributed by atoms with E-state index >= 15 is 0 Å². The Labute approximate surface area is 157 Å². The first-order valence-electron chi connectivity index (χ1n) is 8.48. The summed E-state index contributed by atoms with van der Waals surface area (Å²) < 4.78 is 7.00. The number of hydrogen-bond acceptors (Lipinski definition) is 5. The Hall–Kier alpha value is -1.21. The fraction of sp³-hybridized carbons (Fsp3) is 0.556.